The molecule has 108 valence electrons. The lowest BCUT2D eigenvalue weighted by molar-refractivity contribution is -0.143. The molecular weight excluding hydrogens is 258 g/mol. The van der Waals surface area contributed by atoms with Crippen molar-refractivity contribution in [3.05, 3.63) is 0 Å². The SMILES string of the molecule is CCCNC(=O)CNC(=O)NC(=O)COCC(=O)O. The van der Waals surface area contributed by atoms with E-state index in [1.807, 2.05) is 12.2 Å². The lowest BCUT2D eigenvalue weighted by Gasteiger charge is -2.07. The molecular formula is C10H17N3O6. The number of ether oxygens (including phenoxy) is 1. The Morgan fingerprint density at radius 1 is 1.05 bits per heavy atom. The van der Waals surface area contributed by atoms with E-state index >= 15 is 0 Å². The van der Waals surface area contributed by atoms with E-state index in [-0.39, 0.29) is 12.5 Å². The third-order valence-electron chi connectivity index (χ3n) is 1.69. The van der Waals surface area contributed by atoms with Crippen molar-refractivity contribution in [2.75, 3.05) is 26.3 Å². The normalized spacial score (nSPS) is 9.53. The maximum absolute atomic E-state index is 11.1. The summed E-state index contributed by atoms with van der Waals surface area (Å²) in [5.74, 6) is -2.39. The Morgan fingerprint density at radius 3 is 2.32 bits per heavy atom. The summed E-state index contributed by atoms with van der Waals surface area (Å²) < 4.78 is 4.47. The zero-order chi connectivity index (χ0) is 14.7. The molecule has 0 spiro atoms. The van der Waals surface area contributed by atoms with Gasteiger partial charge in [0.25, 0.3) is 5.91 Å². The highest BCUT2D eigenvalue weighted by Crippen LogP contribution is 1.77. The van der Waals surface area contributed by atoms with E-state index in [0.717, 1.165) is 6.42 Å². The van der Waals surface area contributed by atoms with E-state index in [2.05, 4.69) is 15.4 Å². The van der Waals surface area contributed by atoms with Gasteiger partial charge in [0.2, 0.25) is 5.91 Å². The molecule has 4 N–H and O–H groups in total. The van der Waals surface area contributed by atoms with Crippen LogP contribution in [0.1, 0.15) is 13.3 Å². The van der Waals surface area contributed by atoms with E-state index in [9.17, 15) is 19.2 Å². The van der Waals surface area contributed by atoms with E-state index < -0.39 is 31.1 Å². The van der Waals surface area contributed by atoms with Gasteiger partial charge in [-0.3, -0.25) is 14.9 Å². The molecule has 4 amide bonds. The number of hydrogen-bond acceptors (Lipinski definition) is 5. The number of hydrogen-bond donors (Lipinski definition) is 4. The van der Waals surface area contributed by atoms with Crippen LogP contribution in [0.25, 0.3) is 0 Å². The molecule has 0 aromatic rings. The molecule has 0 rings (SSSR count). The minimum Gasteiger partial charge on any atom is -0.480 e. The second kappa shape index (κ2) is 9.83. The summed E-state index contributed by atoms with van der Waals surface area (Å²) in [5, 5.41) is 14.8. The number of amides is 4. The van der Waals surface area contributed by atoms with Crippen molar-refractivity contribution < 1.29 is 29.0 Å². The first kappa shape index (κ1) is 16.8. The topological polar surface area (TPSA) is 134 Å². The molecule has 9 nitrogen and oxygen atoms in total. The Morgan fingerprint density at radius 2 is 1.74 bits per heavy atom. The molecule has 0 aromatic carbocycles. The Balaban J connectivity index is 3.70. The Bertz CT molecular complexity index is 344. The summed E-state index contributed by atoms with van der Waals surface area (Å²) in [7, 11) is 0. The predicted molar refractivity (Wildman–Crippen MR) is 63.3 cm³/mol. The maximum atomic E-state index is 11.1. The molecule has 0 aliphatic carbocycles. The minimum atomic E-state index is -1.22. The summed E-state index contributed by atoms with van der Waals surface area (Å²) in [4.78, 5) is 43.4. The van der Waals surface area contributed by atoms with Gasteiger partial charge in [-0.2, -0.15) is 0 Å². The highest BCUT2D eigenvalue weighted by Gasteiger charge is 2.09. The van der Waals surface area contributed by atoms with Gasteiger partial charge in [0.1, 0.15) is 13.2 Å². The third-order valence-corrected chi connectivity index (χ3v) is 1.69. The molecule has 0 aliphatic rings. The minimum absolute atomic E-state index is 0.255. The molecule has 9 heteroatoms. The number of rotatable bonds is 8. The summed E-state index contributed by atoms with van der Waals surface area (Å²) in [6.45, 7) is 0.950. The summed E-state index contributed by atoms with van der Waals surface area (Å²) in [5.41, 5.74) is 0. The lowest BCUT2D eigenvalue weighted by Crippen LogP contribution is -2.45. The number of nitrogens with one attached hydrogen (secondary N) is 3. The fraction of sp³-hybridized carbons (Fsp3) is 0.600. The molecule has 0 atom stereocenters. The van der Waals surface area contributed by atoms with Crippen molar-refractivity contribution in [3.63, 3.8) is 0 Å². The smallest absolute Gasteiger partial charge is 0.329 e. The summed E-state index contributed by atoms with van der Waals surface area (Å²) in [6.07, 6.45) is 0.775. The van der Waals surface area contributed by atoms with E-state index in [4.69, 9.17) is 5.11 Å². The van der Waals surface area contributed by atoms with Crippen LogP contribution in [0, 0.1) is 0 Å². The lowest BCUT2D eigenvalue weighted by atomic mass is 10.4. The molecule has 0 radical (unpaired) electrons. The highest BCUT2D eigenvalue weighted by molar-refractivity contribution is 5.96. The first-order valence-corrected chi connectivity index (χ1v) is 5.59. The van der Waals surface area contributed by atoms with Crippen LogP contribution in [0.3, 0.4) is 0 Å². The number of aliphatic carboxylic acids is 1. The van der Waals surface area contributed by atoms with Gasteiger partial charge in [-0.1, -0.05) is 6.92 Å². The number of carbonyl (C=O) groups is 4. The van der Waals surface area contributed by atoms with Crippen molar-refractivity contribution in [1.29, 1.82) is 0 Å². The summed E-state index contributed by atoms with van der Waals surface area (Å²) in [6, 6.07) is -0.851. The van der Waals surface area contributed by atoms with Crippen LogP contribution in [0.4, 0.5) is 4.79 Å². The average molecular weight is 275 g/mol. The van der Waals surface area contributed by atoms with Crippen molar-refractivity contribution in [2.24, 2.45) is 0 Å². The van der Waals surface area contributed by atoms with Crippen LogP contribution in [-0.4, -0.2) is 55.2 Å². The first-order chi connectivity index (χ1) is 8.95. The monoisotopic (exact) mass is 275 g/mol. The second-order valence-corrected chi connectivity index (χ2v) is 3.47. The fourth-order valence-electron chi connectivity index (χ4n) is 0.925. The molecule has 0 aromatic heterocycles. The zero-order valence-electron chi connectivity index (χ0n) is 10.5. The average Bonchev–Trinajstić information content (AvgIpc) is 2.33. The van der Waals surface area contributed by atoms with Crippen molar-refractivity contribution in [2.45, 2.75) is 13.3 Å². The molecule has 0 heterocycles. The first-order valence-electron chi connectivity index (χ1n) is 5.59. The van der Waals surface area contributed by atoms with Gasteiger partial charge in [0, 0.05) is 6.54 Å². The number of carboxylic acid groups (broad SMARTS) is 1. The maximum Gasteiger partial charge on any atom is 0.329 e. The summed E-state index contributed by atoms with van der Waals surface area (Å²) >= 11 is 0. The van der Waals surface area contributed by atoms with Crippen LogP contribution in [0.15, 0.2) is 0 Å². The second-order valence-electron chi connectivity index (χ2n) is 3.47. The molecule has 0 saturated carbocycles. The van der Waals surface area contributed by atoms with E-state index in [1.54, 1.807) is 0 Å². The molecule has 19 heavy (non-hydrogen) atoms. The van der Waals surface area contributed by atoms with Gasteiger partial charge in [-0.15, -0.1) is 0 Å². The number of urea groups is 1. The third kappa shape index (κ3) is 10.7. The fourth-order valence-corrected chi connectivity index (χ4v) is 0.925. The van der Waals surface area contributed by atoms with E-state index in [1.165, 1.54) is 0 Å². The molecule has 0 aliphatic heterocycles. The predicted octanol–water partition coefficient (Wildman–Crippen LogP) is -1.56. The van der Waals surface area contributed by atoms with Gasteiger partial charge in [-0.25, -0.2) is 9.59 Å². The van der Waals surface area contributed by atoms with Crippen LogP contribution in [0.5, 0.6) is 0 Å². The van der Waals surface area contributed by atoms with Crippen molar-refractivity contribution >= 4 is 23.8 Å². The Kier molecular flexibility index (Phi) is 8.71. The Hall–Kier alpha value is -2.16. The van der Waals surface area contributed by atoms with Gasteiger partial charge in [-0.05, 0) is 6.42 Å². The van der Waals surface area contributed by atoms with E-state index in [0.29, 0.717) is 6.54 Å². The van der Waals surface area contributed by atoms with Crippen molar-refractivity contribution in [1.82, 2.24) is 16.0 Å². The van der Waals surface area contributed by atoms with Crippen molar-refractivity contribution in [3.8, 4) is 0 Å². The number of carboxylic acids is 1. The zero-order valence-corrected chi connectivity index (χ0v) is 10.5. The van der Waals surface area contributed by atoms with Gasteiger partial charge in [0.15, 0.2) is 0 Å². The van der Waals surface area contributed by atoms with Crippen LogP contribution >= 0.6 is 0 Å². The Labute approximate surface area is 109 Å². The highest BCUT2D eigenvalue weighted by atomic mass is 16.5. The number of imide groups is 1. The van der Waals surface area contributed by atoms with Crippen LogP contribution < -0.4 is 16.0 Å². The van der Waals surface area contributed by atoms with Gasteiger partial charge < -0.3 is 20.5 Å². The molecule has 0 unspecified atom stereocenters. The largest absolute Gasteiger partial charge is 0.480 e. The molecule has 0 bridgehead atoms. The molecule has 0 saturated heterocycles. The van der Waals surface area contributed by atoms with Gasteiger partial charge >= 0.3 is 12.0 Å². The number of carbonyl (C=O) groups excluding carboxylic acids is 3. The standard InChI is InChI=1S/C10H17N3O6/c1-2-3-11-7(14)4-12-10(18)13-8(15)5-19-6-9(16)17/h2-6H2,1H3,(H,11,14)(H,16,17)(H2,12,13,15,18). The van der Waals surface area contributed by atoms with Crippen LogP contribution in [0.2, 0.25) is 0 Å². The molecule has 0 fully saturated rings. The van der Waals surface area contributed by atoms with Gasteiger partial charge in [0.05, 0.1) is 6.54 Å². The van der Waals surface area contributed by atoms with Crippen LogP contribution in [-0.2, 0) is 19.1 Å². The quantitative estimate of drug-likeness (QED) is 0.423.